The van der Waals surface area contributed by atoms with E-state index in [2.05, 4.69) is 44.7 Å². The van der Waals surface area contributed by atoms with Crippen LogP contribution in [0.4, 0.5) is 0 Å². The van der Waals surface area contributed by atoms with Crippen molar-refractivity contribution >= 4 is 0 Å². The van der Waals surface area contributed by atoms with Crippen LogP contribution < -0.4 is 0 Å². The van der Waals surface area contributed by atoms with Crippen molar-refractivity contribution in [3.05, 3.63) is 42.8 Å². The highest BCUT2D eigenvalue weighted by molar-refractivity contribution is 5.33. The number of hydrogen-bond acceptors (Lipinski definition) is 0. The van der Waals surface area contributed by atoms with Crippen LogP contribution in [0.1, 0.15) is 19.4 Å². The largest absolute Gasteiger partial charge is 0.101 e. The van der Waals surface area contributed by atoms with Crippen LogP contribution in [0.25, 0.3) is 0 Å². The van der Waals surface area contributed by atoms with E-state index in [9.17, 15) is 0 Å². The third kappa shape index (κ3) is 1.89. The Labute approximate surface area is 74.6 Å². The van der Waals surface area contributed by atoms with Gasteiger partial charge >= 0.3 is 0 Å². The van der Waals surface area contributed by atoms with Crippen LogP contribution in [0.15, 0.2) is 30.3 Å². The molecule has 61 valence electrons. The molecular weight excluding hydrogens is 144 g/mol. The van der Waals surface area contributed by atoms with Crippen molar-refractivity contribution in [2.24, 2.45) is 0 Å². The molecule has 0 bridgehead atoms. The molecule has 0 saturated heterocycles. The minimum absolute atomic E-state index is 0.0803. The summed E-state index contributed by atoms with van der Waals surface area (Å²) in [6.07, 6.45) is 0. The summed E-state index contributed by atoms with van der Waals surface area (Å²) in [5.74, 6) is 5.78. The van der Waals surface area contributed by atoms with E-state index in [1.54, 1.807) is 0 Å². The second-order valence-electron chi connectivity index (χ2n) is 3.29. The van der Waals surface area contributed by atoms with Crippen molar-refractivity contribution in [1.29, 1.82) is 0 Å². The van der Waals surface area contributed by atoms with Crippen LogP contribution in [0.2, 0.25) is 0 Å². The van der Waals surface area contributed by atoms with E-state index < -0.39 is 0 Å². The highest BCUT2D eigenvalue weighted by Gasteiger charge is 2.15. The van der Waals surface area contributed by atoms with Gasteiger partial charge in [-0.25, -0.2) is 0 Å². The molecule has 0 saturated carbocycles. The molecule has 0 fully saturated rings. The van der Waals surface area contributed by atoms with Crippen molar-refractivity contribution in [1.82, 2.24) is 0 Å². The zero-order valence-electron chi connectivity index (χ0n) is 7.59. The number of rotatable bonds is 1. The third-order valence-electron chi connectivity index (χ3n) is 1.90. The van der Waals surface area contributed by atoms with Crippen LogP contribution in [0.3, 0.4) is 0 Å². The van der Waals surface area contributed by atoms with E-state index in [1.165, 1.54) is 5.56 Å². The van der Waals surface area contributed by atoms with E-state index in [1.807, 2.05) is 18.2 Å². The zero-order chi connectivity index (χ0) is 9.03. The van der Waals surface area contributed by atoms with Crippen LogP contribution in [-0.2, 0) is 5.41 Å². The van der Waals surface area contributed by atoms with Crippen molar-refractivity contribution in [2.75, 3.05) is 0 Å². The van der Waals surface area contributed by atoms with Crippen LogP contribution in [-0.4, -0.2) is 0 Å². The maximum absolute atomic E-state index is 3.54. The van der Waals surface area contributed by atoms with Gasteiger partial charge in [0.1, 0.15) is 0 Å². The molecule has 0 atom stereocenters. The van der Waals surface area contributed by atoms with Crippen molar-refractivity contribution in [3.63, 3.8) is 0 Å². The van der Waals surface area contributed by atoms with E-state index in [-0.39, 0.29) is 5.41 Å². The van der Waals surface area contributed by atoms with E-state index in [0.29, 0.717) is 0 Å². The Kier molecular flexibility index (Phi) is 2.55. The second kappa shape index (κ2) is 3.45. The molecule has 0 heterocycles. The topological polar surface area (TPSA) is 0 Å². The molecule has 0 nitrogen and oxygen atoms in total. The Hall–Kier alpha value is -1.22. The van der Waals surface area contributed by atoms with Crippen molar-refractivity contribution in [2.45, 2.75) is 19.3 Å². The van der Waals surface area contributed by atoms with Gasteiger partial charge in [-0.15, -0.1) is 5.92 Å². The summed E-state index contributed by atoms with van der Waals surface area (Å²) >= 11 is 0. The van der Waals surface area contributed by atoms with Crippen molar-refractivity contribution < 1.29 is 0 Å². The molecule has 0 N–H and O–H groups in total. The summed E-state index contributed by atoms with van der Waals surface area (Å²) in [6, 6.07) is 10.2. The highest BCUT2D eigenvalue weighted by atomic mass is 14.2. The monoisotopic (exact) mass is 157 g/mol. The molecule has 0 aliphatic heterocycles. The standard InChI is InChI=1S/C12H13/c1-4-10-12(2,3)11-8-6-5-7-9-11/h5-9H,1H2,2-3H3. The minimum Gasteiger partial charge on any atom is -0.101 e. The first-order valence-electron chi connectivity index (χ1n) is 4.01. The summed E-state index contributed by atoms with van der Waals surface area (Å²) < 4.78 is 0. The minimum atomic E-state index is -0.0803. The van der Waals surface area contributed by atoms with Gasteiger partial charge in [0.25, 0.3) is 0 Å². The molecule has 0 heteroatoms. The first-order valence-corrected chi connectivity index (χ1v) is 4.01. The van der Waals surface area contributed by atoms with Gasteiger partial charge in [-0.3, -0.25) is 0 Å². The molecule has 0 aliphatic rings. The van der Waals surface area contributed by atoms with Crippen LogP contribution >= 0.6 is 0 Å². The quantitative estimate of drug-likeness (QED) is 0.550. The fourth-order valence-electron chi connectivity index (χ4n) is 1.15. The third-order valence-corrected chi connectivity index (χ3v) is 1.90. The molecule has 12 heavy (non-hydrogen) atoms. The number of hydrogen-bond donors (Lipinski definition) is 0. The maximum Gasteiger partial charge on any atom is 0.0506 e. The Balaban J connectivity index is 3.03. The summed E-state index contributed by atoms with van der Waals surface area (Å²) in [6.45, 7) is 7.73. The predicted octanol–water partition coefficient (Wildman–Crippen LogP) is 2.80. The van der Waals surface area contributed by atoms with Gasteiger partial charge in [0, 0.05) is 6.92 Å². The molecule has 1 aromatic rings. The first-order chi connectivity index (χ1) is 5.67. The normalized spacial score (nSPS) is 10.2. The average molecular weight is 157 g/mol. The maximum atomic E-state index is 3.54. The van der Waals surface area contributed by atoms with E-state index in [4.69, 9.17) is 0 Å². The van der Waals surface area contributed by atoms with Gasteiger partial charge in [-0.1, -0.05) is 36.3 Å². The summed E-state index contributed by atoms with van der Waals surface area (Å²) in [7, 11) is 0. The smallest absolute Gasteiger partial charge is 0.0506 e. The molecule has 0 aliphatic carbocycles. The fourth-order valence-corrected chi connectivity index (χ4v) is 1.15. The van der Waals surface area contributed by atoms with Gasteiger partial charge < -0.3 is 0 Å². The van der Waals surface area contributed by atoms with Crippen LogP contribution in [0.5, 0.6) is 0 Å². The van der Waals surface area contributed by atoms with Gasteiger partial charge in [-0.2, -0.15) is 0 Å². The summed E-state index contributed by atoms with van der Waals surface area (Å²) in [5.41, 5.74) is 1.16. The Morgan fingerprint density at radius 3 is 2.25 bits per heavy atom. The van der Waals surface area contributed by atoms with Crippen LogP contribution in [0, 0.1) is 18.8 Å². The fraction of sp³-hybridized carbons (Fsp3) is 0.250. The first kappa shape index (κ1) is 8.87. The second-order valence-corrected chi connectivity index (χ2v) is 3.29. The van der Waals surface area contributed by atoms with Gasteiger partial charge in [0.2, 0.25) is 0 Å². The molecule has 0 spiro atoms. The van der Waals surface area contributed by atoms with E-state index in [0.717, 1.165) is 0 Å². The lowest BCUT2D eigenvalue weighted by molar-refractivity contribution is 0.698. The SMILES string of the molecule is [CH2]C#CC(C)(C)c1ccccc1. The lowest BCUT2D eigenvalue weighted by Crippen LogP contribution is -2.13. The molecule has 0 amide bonds. The molecule has 1 aromatic carbocycles. The molecule has 0 aromatic heterocycles. The molecule has 0 unspecified atom stereocenters. The van der Waals surface area contributed by atoms with Gasteiger partial charge in [0.15, 0.2) is 0 Å². The summed E-state index contributed by atoms with van der Waals surface area (Å²) in [4.78, 5) is 0. The lowest BCUT2D eigenvalue weighted by Gasteiger charge is -2.17. The Morgan fingerprint density at radius 2 is 1.75 bits per heavy atom. The lowest BCUT2D eigenvalue weighted by atomic mass is 9.85. The molecular formula is C12H13. The predicted molar refractivity (Wildman–Crippen MR) is 52.6 cm³/mol. The van der Waals surface area contributed by atoms with Gasteiger partial charge in [0.05, 0.1) is 5.41 Å². The Morgan fingerprint density at radius 1 is 1.17 bits per heavy atom. The molecule has 1 rings (SSSR count). The zero-order valence-corrected chi connectivity index (χ0v) is 7.59. The Bertz CT molecular complexity index is 296. The van der Waals surface area contributed by atoms with Gasteiger partial charge in [-0.05, 0) is 19.4 Å². The number of benzene rings is 1. The van der Waals surface area contributed by atoms with E-state index >= 15 is 0 Å². The molecule has 1 radical (unpaired) electrons. The summed E-state index contributed by atoms with van der Waals surface area (Å²) in [5, 5.41) is 0. The average Bonchev–Trinajstić information content (AvgIpc) is 2.06. The highest BCUT2D eigenvalue weighted by Crippen LogP contribution is 2.21. The van der Waals surface area contributed by atoms with Crippen molar-refractivity contribution in [3.8, 4) is 11.8 Å².